The van der Waals surface area contributed by atoms with Crippen LogP contribution >= 0.6 is 11.6 Å². The maximum atomic E-state index is 11.5. The average molecular weight is 353 g/mol. The highest BCUT2D eigenvalue weighted by atomic mass is 35.5. The smallest absolute Gasteiger partial charge is 0.229 e. The fourth-order valence-electron chi connectivity index (χ4n) is 2.29. The fourth-order valence-corrected chi connectivity index (χ4v) is 2.49. The van der Waals surface area contributed by atoms with E-state index in [1.165, 1.54) is 6.92 Å². The van der Waals surface area contributed by atoms with Crippen LogP contribution in [0.1, 0.15) is 22.8 Å². The Morgan fingerprint density at radius 3 is 2.76 bits per heavy atom. The van der Waals surface area contributed by atoms with Crippen LogP contribution in [0.5, 0.6) is 0 Å². The molecule has 0 aliphatic heterocycles. The zero-order chi connectivity index (χ0) is 17.6. The molecule has 0 fully saturated rings. The first-order valence-corrected chi connectivity index (χ1v) is 8.18. The zero-order valence-electron chi connectivity index (χ0n) is 13.7. The largest absolute Gasteiger partial charge is 0.366 e. The zero-order valence-corrected chi connectivity index (χ0v) is 14.4. The molecule has 0 unspecified atom stereocenters. The van der Waals surface area contributed by atoms with E-state index in [1.807, 2.05) is 36.4 Å². The Bertz CT molecular complexity index is 898. The van der Waals surface area contributed by atoms with Crippen LogP contribution < -0.4 is 10.6 Å². The monoisotopic (exact) mass is 352 g/mol. The number of anilines is 3. The first-order valence-electron chi connectivity index (χ1n) is 7.80. The number of Topliss-reactive ketones (excluding diaryl/α,β-unsaturated/α-hetero) is 1. The molecule has 2 aromatic carbocycles. The van der Waals surface area contributed by atoms with E-state index in [2.05, 4.69) is 20.6 Å². The highest BCUT2D eigenvalue weighted by molar-refractivity contribution is 6.31. The van der Waals surface area contributed by atoms with Gasteiger partial charge in [-0.25, -0.2) is 4.98 Å². The van der Waals surface area contributed by atoms with Crippen molar-refractivity contribution in [2.75, 3.05) is 10.6 Å². The predicted molar refractivity (Wildman–Crippen MR) is 101 cm³/mol. The van der Waals surface area contributed by atoms with E-state index in [4.69, 9.17) is 11.6 Å². The normalized spacial score (nSPS) is 10.3. The molecule has 6 heteroatoms. The Hall–Kier alpha value is -2.92. The summed E-state index contributed by atoms with van der Waals surface area (Å²) in [7, 11) is 0. The van der Waals surface area contributed by atoms with Gasteiger partial charge < -0.3 is 10.6 Å². The number of hydrogen-bond acceptors (Lipinski definition) is 5. The minimum atomic E-state index is 0.0136. The van der Waals surface area contributed by atoms with Crippen molar-refractivity contribution in [3.8, 4) is 0 Å². The highest BCUT2D eigenvalue weighted by Gasteiger charge is 2.04. The van der Waals surface area contributed by atoms with Gasteiger partial charge >= 0.3 is 0 Å². The second-order valence-corrected chi connectivity index (χ2v) is 5.88. The molecule has 3 aromatic rings. The minimum absolute atomic E-state index is 0.0136. The summed E-state index contributed by atoms with van der Waals surface area (Å²) < 4.78 is 0. The Labute approximate surface area is 151 Å². The minimum Gasteiger partial charge on any atom is -0.366 e. The van der Waals surface area contributed by atoms with Crippen LogP contribution in [-0.2, 0) is 6.54 Å². The summed E-state index contributed by atoms with van der Waals surface area (Å²) in [6.45, 7) is 2.10. The summed E-state index contributed by atoms with van der Waals surface area (Å²) in [5.41, 5.74) is 2.39. The average Bonchev–Trinajstić information content (AvgIpc) is 2.61. The van der Waals surface area contributed by atoms with E-state index in [0.29, 0.717) is 28.9 Å². The Morgan fingerprint density at radius 2 is 1.96 bits per heavy atom. The predicted octanol–water partition coefficient (Wildman–Crippen LogP) is 4.69. The Kier molecular flexibility index (Phi) is 5.26. The topological polar surface area (TPSA) is 66.9 Å². The molecule has 1 aromatic heterocycles. The van der Waals surface area contributed by atoms with Crippen molar-refractivity contribution in [3.63, 3.8) is 0 Å². The van der Waals surface area contributed by atoms with Gasteiger partial charge in [0.15, 0.2) is 5.78 Å². The molecule has 0 aliphatic carbocycles. The summed E-state index contributed by atoms with van der Waals surface area (Å²) in [6.07, 6.45) is 1.67. The lowest BCUT2D eigenvalue weighted by molar-refractivity contribution is 0.101. The third-order valence-electron chi connectivity index (χ3n) is 3.60. The van der Waals surface area contributed by atoms with Gasteiger partial charge in [-0.05, 0) is 36.8 Å². The molecule has 5 nitrogen and oxygen atoms in total. The molecule has 1 heterocycles. The first kappa shape index (κ1) is 16.9. The van der Waals surface area contributed by atoms with Crippen molar-refractivity contribution in [2.24, 2.45) is 0 Å². The summed E-state index contributed by atoms with van der Waals surface area (Å²) >= 11 is 6.16. The van der Waals surface area contributed by atoms with Crippen molar-refractivity contribution in [1.82, 2.24) is 9.97 Å². The lowest BCUT2D eigenvalue weighted by atomic mass is 10.1. The summed E-state index contributed by atoms with van der Waals surface area (Å²) in [5, 5.41) is 7.05. The van der Waals surface area contributed by atoms with Crippen LogP contribution in [0.2, 0.25) is 5.02 Å². The standard InChI is InChI=1S/C19H17ClN4O/c1-13(25)14-6-4-7-16(11-14)23-19-21-10-9-18(24-19)22-12-15-5-2-3-8-17(15)20/h2-11H,12H2,1H3,(H2,21,22,23,24). The van der Waals surface area contributed by atoms with E-state index in [-0.39, 0.29) is 5.78 Å². The maximum absolute atomic E-state index is 11.5. The molecule has 0 atom stereocenters. The lowest BCUT2D eigenvalue weighted by Gasteiger charge is -2.10. The SMILES string of the molecule is CC(=O)c1cccc(Nc2nccc(NCc3ccccc3Cl)n2)c1. The van der Waals surface area contributed by atoms with Crippen LogP contribution in [0.25, 0.3) is 0 Å². The first-order chi connectivity index (χ1) is 12.1. The number of ketones is 1. The number of aromatic nitrogens is 2. The van der Waals surface area contributed by atoms with Crippen LogP contribution in [0, 0.1) is 0 Å². The van der Waals surface area contributed by atoms with Crippen molar-refractivity contribution in [3.05, 3.63) is 76.9 Å². The fraction of sp³-hybridized carbons (Fsp3) is 0.105. The molecule has 0 spiro atoms. The van der Waals surface area contributed by atoms with Crippen molar-refractivity contribution < 1.29 is 4.79 Å². The molecule has 0 amide bonds. The van der Waals surface area contributed by atoms with E-state index < -0.39 is 0 Å². The van der Waals surface area contributed by atoms with E-state index in [1.54, 1.807) is 24.4 Å². The van der Waals surface area contributed by atoms with Gasteiger partial charge in [0.25, 0.3) is 0 Å². The number of benzene rings is 2. The number of carbonyl (C=O) groups is 1. The molecule has 0 bridgehead atoms. The van der Waals surface area contributed by atoms with Crippen LogP contribution in [0.4, 0.5) is 17.5 Å². The van der Waals surface area contributed by atoms with Gasteiger partial charge in [0.1, 0.15) is 5.82 Å². The molecule has 126 valence electrons. The molecule has 2 N–H and O–H groups in total. The van der Waals surface area contributed by atoms with E-state index >= 15 is 0 Å². The molecule has 0 aliphatic rings. The highest BCUT2D eigenvalue weighted by Crippen LogP contribution is 2.18. The van der Waals surface area contributed by atoms with Gasteiger partial charge in [-0.3, -0.25) is 4.79 Å². The quantitative estimate of drug-likeness (QED) is 0.630. The third kappa shape index (κ3) is 4.55. The molecule has 0 radical (unpaired) electrons. The van der Waals surface area contributed by atoms with Gasteiger partial charge in [0.05, 0.1) is 0 Å². The molecule has 25 heavy (non-hydrogen) atoms. The van der Waals surface area contributed by atoms with E-state index in [0.717, 1.165) is 11.3 Å². The summed E-state index contributed by atoms with van der Waals surface area (Å²) in [4.78, 5) is 20.1. The summed E-state index contributed by atoms with van der Waals surface area (Å²) in [5.74, 6) is 1.14. The molecule has 3 rings (SSSR count). The molecule has 0 saturated heterocycles. The van der Waals surface area contributed by atoms with Gasteiger partial charge in [-0.15, -0.1) is 0 Å². The second-order valence-electron chi connectivity index (χ2n) is 5.47. The maximum Gasteiger partial charge on any atom is 0.229 e. The lowest BCUT2D eigenvalue weighted by Crippen LogP contribution is -2.04. The van der Waals surface area contributed by atoms with Crippen molar-refractivity contribution in [2.45, 2.75) is 13.5 Å². The van der Waals surface area contributed by atoms with Crippen LogP contribution in [-0.4, -0.2) is 15.8 Å². The Balaban J connectivity index is 1.70. The number of halogens is 1. The summed E-state index contributed by atoms with van der Waals surface area (Å²) in [6, 6.07) is 16.7. The second kappa shape index (κ2) is 7.77. The van der Waals surface area contributed by atoms with Crippen LogP contribution in [0.15, 0.2) is 60.8 Å². The van der Waals surface area contributed by atoms with Gasteiger partial charge in [-0.2, -0.15) is 4.98 Å². The Morgan fingerprint density at radius 1 is 1.12 bits per heavy atom. The number of rotatable bonds is 6. The van der Waals surface area contributed by atoms with E-state index in [9.17, 15) is 4.79 Å². The number of carbonyl (C=O) groups excluding carboxylic acids is 1. The van der Waals surface area contributed by atoms with Crippen LogP contribution in [0.3, 0.4) is 0 Å². The number of nitrogens with zero attached hydrogens (tertiary/aromatic N) is 2. The molecular formula is C19H17ClN4O. The number of nitrogens with one attached hydrogen (secondary N) is 2. The van der Waals surface area contributed by atoms with Crippen molar-refractivity contribution in [1.29, 1.82) is 0 Å². The van der Waals surface area contributed by atoms with Gasteiger partial charge in [-0.1, -0.05) is 41.9 Å². The number of hydrogen-bond donors (Lipinski definition) is 2. The van der Waals surface area contributed by atoms with Gasteiger partial charge in [0.2, 0.25) is 5.95 Å². The van der Waals surface area contributed by atoms with Crippen molar-refractivity contribution >= 4 is 34.8 Å². The van der Waals surface area contributed by atoms with Gasteiger partial charge in [0, 0.05) is 29.0 Å². The third-order valence-corrected chi connectivity index (χ3v) is 3.97. The molecular weight excluding hydrogens is 336 g/mol. The molecule has 0 saturated carbocycles.